The highest BCUT2D eigenvalue weighted by Crippen LogP contribution is 2.06. The number of ketones is 1. The van der Waals surface area contributed by atoms with Crippen molar-refractivity contribution in [2.24, 2.45) is 0 Å². The van der Waals surface area contributed by atoms with Gasteiger partial charge in [-0.1, -0.05) is 24.0 Å². The molecule has 0 aliphatic carbocycles. The molecule has 0 saturated heterocycles. The zero-order valence-electron chi connectivity index (χ0n) is 11.0. The van der Waals surface area contributed by atoms with Crippen molar-refractivity contribution in [1.82, 2.24) is 4.98 Å². The smallest absolute Gasteiger partial charge is 0.159 e. The van der Waals surface area contributed by atoms with Gasteiger partial charge in [-0.25, -0.2) is 0 Å². The van der Waals surface area contributed by atoms with Crippen LogP contribution in [0.5, 0.6) is 0 Å². The quantitative estimate of drug-likeness (QED) is 0.675. The second-order valence-corrected chi connectivity index (χ2v) is 4.23. The number of Topliss-reactive ketones (excluding diaryl/α,β-unsaturated/α-hetero) is 1. The van der Waals surface area contributed by atoms with E-state index in [4.69, 9.17) is 4.74 Å². The van der Waals surface area contributed by atoms with Crippen molar-refractivity contribution in [3.8, 4) is 11.8 Å². The summed E-state index contributed by atoms with van der Waals surface area (Å²) in [7, 11) is 1.66. The molecule has 0 radical (unpaired) electrons. The molecule has 0 aliphatic rings. The Hall–Kier alpha value is -2.31. The van der Waals surface area contributed by atoms with E-state index in [9.17, 15) is 4.79 Å². The number of aromatic amines is 1. The van der Waals surface area contributed by atoms with Gasteiger partial charge in [0.2, 0.25) is 0 Å². The van der Waals surface area contributed by atoms with Crippen LogP contribution in [0.15, 0.2) is 36.5 Å². The molecule has 0 saturated carbocycles. The minimum Gasteiger partial charge on any atom is -0.378 e. The first-order chi connectivity index (χ1) is 9.19. The number of H-pyrrole nitrogens is 1. The molecule has 1 N–H and O–H groups in total. The van der Waals surface area contributed by atoms with E-state index in [-0.39, 0.29) is 5.78 Å². The van der Waals surface area contributed by atoms with Crippen molar-refractivity contribution in [2.75, 3.05) is 7.11 Å². The summed E-state index contributed by atoms with van der Waals surface area (Å²) in [6.07, 6.45) is 1.85. The Balaban J connectivity index is 2.12. The number of hydrogen-bond donors (Lipinski definition) is 1. The van der Waals surface area contributed by atoms with E-state index >= 15 is 0 Å². The molecule has 1 aromatic heterocycles. The highest BCUT2D eigenvalue weighted by molar-refractivity contribution is 5.94. The number of nitrogens with one attached hydrogen (secondary N) is 1. The molecule has 0 atom stereocenters. The predicted octanol–water partition coefficient (Wildman–Crippen LogP) is 2.76. The first-order valence-electron chi connectivity index (χ1n) is 5.98. The lowest BCUT2D eigenvalue weighted by atomic mass is 10.1. The maximum absolute atomic E-state index is 11.1. The van der Waals surface area contributed by atoms with Gasteiger partial charge in [-0.05, 0) is 25.1 Å². The Morgan fingerprint density at radius 2 is 1.89 bits per heavy atom. The molecule has 2 aromatic rings. The molecule has 0 amide bonds. The molecule has 3 nitrogen and oxygen atoms in total. The zero-order valence-corrected chi connectivity index (χ0v) is 11.0. The third kappa shape index (κ3) is 3.57. The van der Waals surface area contributed by atoms with E-state index in [1.165, 1.54) is 0 Å². The van der Waals surface area contributed by atoms with Gasteiger partial charge in [0.25, 0.3) is 0 Å². The van der Waals surface area contributed by atoms with E-state index in [0.29, 0.717) is 12.2 Å². The van der Waals surface area contributed by atoms with Crippen LogP contribution in [-0.4, -0.2) is 17.9 Å². The summed E-state index contributed by atoms with van der Waals surface area (Å²) in [6.45, 7) is 2.10. The normalized spacial score (nSPS) is 9.79. The first-order valence-corrected chi connectivity index (χ1v) is 5.98. The molecular formula is C16H15NO2. The summed E-state index contributed by atoms with van der Waals surface area (Å²) in [5.74, 6) is 6.19. The minimum absolute atomic E-state index is 0.0642. The molecule has 0 unspecified atom stereocenters. The Labute approximate surface area is 112 Å². The van der Waals surface area contributed by atoms with Gasteiger partial charge in [-0.15, -0.1) is 0 Å². The van der Waals surface area contributed by atoms with Gasteiger partial charge in [0, 0.05) is 35.7 Å². The molecule has 1 aromatic carbocycles. The largest absolute Gasteiger partial charge is 0.378 e. The van der Waals surface area contributed by atoms with Crippen molar-refractivity contribution in [3.05, 3.63) is 58.9 Å². The third-order valence-electron chi connectivity index (χ3n) is 2.69. The van der Waals surface area contributed by atoms with Gasteiger partial charge in [0.05, 0.1) is 6.61 Å². The molecule has 96 valence electrons. The number of hydrogen-bond acceptors (Lipinski definition) is 2. The molecule has 1 heterocycles. The summed E-state index contributed by atoms with van der Waals surface area (Å²) in [5.41, 5.74) is 3.51. The minimum atomic E-state index is 0.0642. The lowest BCUT2D eigenvalue weighted by Crippen LogP contribution is -1.90. The Bertz CT molecular complexity index is 627. The Morgan fingerprint density at radius 1 is 1.21 bits per heavy atom. The standard InChI is InChI=1S/C16H15NO2/c1-12(18)15-7-5-13(6-8-15)3-4-14-9-16(11-19-2)17-10-14/h5-10,17H,11H2,1-2H3. The summed E-state index contributed by atoms with van der Waals surface area (Å²) in [6, 6.07) is 9.25. The van der Waals surface area contributed by atoms with Gasteiger partial charge < -0.3 is 9.72 Å². The van der Waals surface area contributed by atoms with E-state index in [1.807, 2.05) is 24.4 Å². The number of carbonyl (C=O) groups is 1. The Kier molecular flexibility index (Phi) is 4.17. The number of methoxy groups -OCH3 is 1. The van der Waals surface area contributed by atoms with E-state index in [0.717, 1.165) is 16.8 Å². The third-order valence-corrected chi connectivity index (χ3v) is 2.69. The second-order valence-electron chi connectivity index (χ2n) is 4.23. The maximum Gasteiger partial charge on any atom is 0.159 e. The van der Waals surface area contributed by atoms with Crippen LogP contribution in [-0.2, 0) is 11.3 Å². The molecule has 0 fully saturated rings. The van der Waals surface area contributed by atoms with Crippen LogP contribution < -0.4 is 0 Å². The van der Waals surface area contributed by atoms with Crippen LogP contribution in [0.1, 0.15) is 34.1 Å². The highest BCUT2D eigenvalue weighted by atomic mass is 16.5. The Morgan fingerprint density at radius 3 is 2.53 bits per heavy atom. The van der Waals surface area contributed by atoms with Crippen molar-refractivity contribution >= 4 is 5.78 Å². The van der Waals surface area contributed by atoms with Gasteiger partial charge in [0.1, 0.15) is 0 Å². The van der Waals surface area contributed by atoms with Gasteiger partial charge in [-0.3, -0.25) is 4.79 Å². The van der Waals surface area contributed by atoms with Crippen molar-refractivity contribution in [1.29, 1.82) is 0 Å². The SMILES string of the molecule is COCc1cc(C#Cc2ccc(C(C)=O)cc2)c[nH]1. The molecule has 0 bridgehead atoms. The lowest BCUT2D eigenvalue weighted by Gasteiger charge is -1.94. The van der Waals surface area contributed by atoms with Gasteiger partial charge in [-0.2, -0.15) is 0 Å². The summed E-state index contributed by atoms with van der Waals surface area (Å²) in [5, 5.41) is 0. The maximum atomic E-state index is 11.1. The number of benzene rings is 1. The van der Waals surface area contributed by atoms with Crippen LogP contribution in [0.4, 0.5) is 0 Å². The van der Waals surface area contributed by atoms with Crippen LogP contribution in [0.25, 0.3) is 0 Å². The fraction of sp³-hybridized carbons (Fsp3) is 0.188. The summed E-state index contributed by atoms with van der Waals surface area (Å²) < 4.78 is 5.03. The van der Waals surface area contributed by atoms with Gasteiger partial charge >= 0.3 is 0 Å². The summed E-state index contributed by atoms with van der Waals surface area (Å²) >= 11 is 0. The van der Waals surface area contributed by atoms with Crippen LogP contribution in [0.2, 0.25) is 0 Å². The highest BCUT2D eigenvalue weighted by Gasteiger charge is 1.98. The topological polar surface area (TPSA) is 42.1 Å². The van der Waals surface area contributed by atoms with Crippen LogP contribution >= 0.6 is 0 Å². The van der Waals surface area contributed by atoms with Crippen LogP contribution in [0, 0.1) is 11.8 Å². The monoisotopic (exact) mass is 253 g/mol. The number of ether oxygens (including phenoxy) is 1. The van der Waals surface area contributed by atoms with E-state index < -0.39 is 0 Å². The predicted molar refractivity (Wildman–Crippen MR) is 73.9 cm³/mol. The zero-order chi connectivity index (χ0) is 13.7. The summed E-state index contributed by atoms with van der Waals surface area (Å²) in [4.78, 5) is 14.2. The molecular weight excluding hydrogens is 238 g/mol. The number of aromatic nitrogens is 1. The molecule has 2 rings (SSSR count). The first kappa shape index (κ1) is 13.1. The molecule has 0 spiro atoms. The average molecular weight is 253 g/mol. The van der Waals surface area contributed by atoms with Gasteiger partial charge in [0.15, 0.2) is 5.78 Å². The van der Waals surface area contributed by atoms with Crippen molar-refractivity contribution in [2.45, 2.75) is 13.5 Å². The van der Waals surface area contributed by atoms with Crippen molar-refractivity contribution < 1.29 is 9.53 Å². The lowest BCUT2D eigenvalue weighted by molar-refractivity contribution is 0.101. The number of carbonyl (C=O) groups excluding carboxylic acids is 1. The van der Waals surface area contributed by atoms with Crippen molar-refractivity contribution in [3.63, 3.8) is 0 Å². The fourth-order valence-corrected chi connectivity index (χ4v) is 1.69. The van der Waals surface area contributed by atoms with Crippen LogP contribution in [0.3, 0.4) is 0 Å². The molecule has 19 heavy (non-hydrogen) atoms. The average Bonchev–Trinajstić information content (AvgIpc) is 2.85. The number of rotatable bonds is 3. The molecule has 3 heteroatoms. The molecule has 0 aliphatic heterocycles. The fourth-order valence-electron chi connectivity index (χ4n) is 1.69. The van der Waals surface area contributed by atoms with E-state index in [1.54, 1.807) is 26.2 Å². The second kappa shape index (κ2) is 6.03. The van der Waals surface area contributed by atoms with E-state index in [2.05, 4.69) is 16.8 Å².